The number of nitrogens with zero attached hydrogens (tertiary/aromatic N) is 4. The molecular weight excluding hydrogens is 576 g/mol. The maximum Gasteiger partial charge on any atom is 0.164 e. The first-order valence-corrected chi connectivity index (χ1v) is 15.6. The zero-order valence-corrected chi connectivity index (χ0v) is 25.1. The average Bonchev–Trinajstić information content (AvgIpc) is 3.53. The van der Waals surface area contributed by atoms with Crippen molar-refractivity contribution < 1.29 is 4.42 Å². The molecule has 0 radical (unpaired) electrons. The minimum absolute atomic E-state index is 0.590. The van der Waals surface area contributed by atoms with Crippen molar-refractivity contribution >= 4 is 65.0 Å². The van der Waals surface area contributed by atoms with Crippen LogP contribution in [-0.2, 0) is 0 Å². The third kappa shape index (κ3) is 4.10. The second kappa shape index (κ2) is 10.0. The third-order valence-electron chi connectivity index (χ3n) is 9.19. The molecule has 0 saturated heterocycles. The molecule has 7 aromatic carbocycles. The summed E-state index contributed by atoms with van der Waals surface area (Å²) in [7, 11) is 0. The lowest BCUT2D eigenvalue weighted by Gasteiger charge is -2.12. The molecule has 0 aliphatic rings. The number of hydrogen-bond acceptors (Lipinski definition) is 5. The van der Waals surface area contributed by atoms with E-state index in [0.29, 0.717) is 17.5 Å². The van der Waals surface area contributed by atoms with Gasteiger partial charge in [0.15, 0.2) is 23.1 Å². The van der Waals surface area contributed by atoms with Gasteiger partial charge >= 0.3 is 0 Å². The topological polar surface area (TPSA) is 64.7 Å². The number of benzene rings is 7. The molecule has 10 aromatic rings. The molecule has 0 N–H and O–H groups in total. The van der Waals surface area contributed by atoms with Crippen molar-refractivity contribution in [2.45, 2.75) is 0 Å². The predicted molar refractivity (Wildman–Crippen MR) is 191 cm³/mol. The standard InChI is InChI=1S/C42H24N4O/c1-2-8-28-22-29(14-12-25(28)6-1)40-44-41(46-42(45-40)35-10-5-11-37-39(35)34-20-21-43-24-38(34)47-37)30-15-13-27-17-18-32-31-9-4-3-7-26(31)16-19-33(32)36(27)23-30/h1-24H. The zero-order chi connectivity index (χ0) is 30.9. The van der Waals surface area contributed by atoms with Crippen LogP contribution in [0.4, 0.5) is 0 Å². The van der Waals surface area contributed by atoms with Crippen LogP contribution in [0, 0.1) is 0 Å². The van der Waals surface area contributed by atoms with Gasteiger partial charge in [0.1, 0.15) is 5.58 Å². The quantitative estimate of drug-likeness (QED) is 0.189. The highest BCUT2D eigenvalue weighted by atomic mass is 16.3. The predicted octanol–water partition coefficient (Wildman–Crippen LogP) is 10.8. The summed E-state index contributed by atoms with van der Waals surface area (Å²) in [5, 5.41) is 11.5. The van der Waals surface area contributed by atoms with E-state index in [1.165, 1.54) is 32.3 Å². The fraction of sp³-hybridized carbons (Fsp3) is 0. The molecule has 10 rings (SSSR count). The summed E-state index contributed by atoms with van der Waals surface area (Å²) in [4.78, 5) is 19.7. The molecule has 218 valence electrons. The Hall–Kier alpha value is -6.46. The van der Waals surface area contributed by atoms with Crippen LogP contribution < -0.4 is 0 Å². The summed E-state index contributed by atoms with van der Waals surface area (Å²) in [5.41, 5.74) is 4.24. The van der Waals surface area contributed by atoms with Gasteiger partial charge in [0.05, 0.1) is 6.20 Å². The van der Waals surface area contributed by atoms with Crippen LogP contribution in [-0.4, -0.2) is 19.9 Å². The van der Waals surface area contributed by atoms with Gasteiger partial charge < -0.3 is 4.42 Å². The minimum Gasteiger partial charge on any atom is -0.454 e. The van der Waals surface area contributed by atoms with Gasteiger partial charge in [-0.2, -0.15) is 0 Å². The number of aromatic nitrogens is 4. The van der Waals surface area contributed by atoms with Gasteiger partial charge in [-0.15, -0.1) is 0 Å². The molecule has 0 bridgehead atoms. The second-order valence-electron chi connectivity index (χ2n) is 11.9. The molecule has 0 atom stereocenters. The van der Waals surface area contributed by atoms with Crippen LogP contribution in [0.25, 0.3) is 99.2 Å². The van der Waals surface area contributed by atoms with E-state index in [1.807, 2.05) is 18.2 Å². The summed E-state index contributed by atoms with van der Waals surface area (Å²) in [6.45, 7) is 0. The lowest BCUT2D eigenvalue weighted by Crippen LogP contribution is -2.00. The van der Waals surface area contributed by atoms with Crippen LogP contribution in [0.15, 0.2) is 150 Å². The first kappa shape index (κ1) is 25.8. The summed E-state index contributed by atoms with van der Waals surface area (Å²) in [5.74, 6) is 1.82. The molecule has 0 spiro atoms. The Balaban J connectivity index is 1.24. The van der Waals surface area contributed by atoms with Crippen molar-refractivity contribution in [1.82, 2.24) is 19.9 Å². The van der Waals surface area contributed by atoms with E-state index in [4.69, 9.17) is 19.4 Å². The minimum atomic E-state index is 0.590. The van der Waals surface area contributed by atoms with E-state index in [1.54, 1.807) is 12.4 Å². The molecule has 0 saturated carbocycles. The molecule has 0 aliphatic heterocycles. The van der Waals surface area contributed by atoms with Crippen LogP contribution in [0.1, 0.15) is 0 Å². The maximum atomic E-state index is 6.18. The van der Waals surface area contributed by atoms with E-state index >= 15 is 0 Å². The number of pyridine rings is 1. The number of hydrogen-bond donors (Lipinski definition) is 0. The first-order valence-electron chi connectivity index (χ1n) is 15.6. The summed E-state index contributed by atoms with van der Waals surface area (Å²) >= 11 is 0. The maximum absolute atomic E-state index is 6.18. The molecule has 5 nitrogen and oxygen atoms in total. The van der Waals surface area contributed by atoms with Crippen LogP contribution in [0.5, 0.6) is 0 Å². The summed E-state index contributed by atoms with van der Waals surface area (Å²) in [6, 6.07) is 46.6. The van der Waals surface area contributed by atoms with Gasteiger partial charge in [0.2, 0.25) is 0 Å². The molecule has 3 heterocycles. The van der Waals surface area contributed by atoms with Crippen molar-refractivity contribution in [3.8, 4) is 34.2 Å². The second-order valence-corrected chi connectivity index (χ2v) is 11.9. The van der Waals surface area contributed by atoms with Gasteiger partial charge in [-0.05, 0) is 67.4 Å². The Morgan fingerprint density at radius 3 is 1.91 bits per heavy atom. The molecule has 0 unspecified atom stereocenters. The zero-order valence-electron chi connectivity index (χ0n) is 25.1. The first-order chi connectivity index (χ1) is 23.3. The van der Waals surface area contributed by atoms with Gasteiger partial charge in [-0.3, -0.25) is 4.98 Å². The molecular formula is C42H24N4O. The fourth-order valence-corrected chi connectivity index (χ4v) is 6.91. The molecule has 0 fully saturated rings. The Bertz CT molecular complexity index is 2870. The molecule has 47 heavy (non-hydrogen) atoms. The highest BCUT2D eigenvalue weighted by molar-refractivity contribution is 6.17. The SMILES string of the molecule is c1ccc2cc(-c3nc(-c4ccc5ccc6c7ccccc7ccc6c5c4)nc(-c4cccc5oc6cnccc6c45)n3)ccc2c1. The van der Waals surface area contributed by atoms with Crippen molar-refractivity contribution in [2.75, 3.05) is 0 Å². The normalized spacial score (nSPS) is 11.8. The molecule has 3 aromatic heterocycles. The highest BCUT2D eigenvalue weighted by Gasteiger charge is 2.18. The Morgan fingerprint density at radius 1 is 0.404 bits per heavy atom. The smallest absolute Gasteiger partial charge is 0.164 e. The molecule has 0 amide bonds. The van der Waals surface area contributed by atoms with Crippen molar-refractivity contribution in [3.63, 3.8) is 0 Å². The average molecular weight is 601 g/mol. The van der Waals surface area contributed by atoms with Crippen LogP contribution in [0.3, 0.4) is 0 Å². The molecule has 0 aliphatic carbocycles. The van der Waals surface area contributed by atoms with Gasteiger partial charge in [0, 0.05) is 33.7 Å². The van der Waals surface area contributed by atoms with E-state index in [0.717, 1.165) is 49.4 Å². The lowest BCUT2D eigenvalue weighted by molar-refractivity contribution is 0.667. The van der Waals surface area contributed by atoms with E-state index in [9.17, 15) is 0 Å². The number of rotatable bonds is 3. The van der Waals surface area contributed by atoms with E-state index < -0.39 is 0 Å². The Morgan fingerprint density at radius 2 is 1.06 bits per heavy atom. The monoisotopic (exact) mass is 600 g/mol. The summed E-state index contributed by atoms with van der Waals surface area (Å²) in [6.07, 6.45) is 3.54. The van der Waals surface area contributed by atoms with Gasteiger partial charge in [-0.1, -0.05) is 109 Å². The van der Waals surface area contributed by atoms with Gasteiger partial charge in [0.25, 0.3) is 0 Å². The van der Waals surface area contributed by atoms with E-state index in [2.05, 4.69) is 120 Å². The number of fused-ring (bicyclic) bond motifs is 9. The number of furan rings is 1. The third-order valence-corrected chi connectivity index (χ3v) is 9.19. The van der Waals surface area contributed by atoms with Crippen molar-refractivity contribution in [1.29, 1.82) is 0 Å². The largest absolute Gasteiger partial charge is 0.454 e. The molecule has 5 heteroatoms. The highest BCUT2D eigenvalue weighted by Crippen LogP contribution is 2.37. The Kier molecular flexibility index (Phi) is 5.51. The van der Waals surface area contributed by atoms with Crippen molar-refractivity contribution in [3.05, 3.63) is 146 Å². The summed E-state index contributed by atoms with van der Waals surface area (Å²) < 4.78 is 6.18. The lowest BCUT2D eigenvalue weighted by atomic mass is 9.96. The van der Waals surface area contributed by atoms with Gasteiger partial charge in [-0.25, -0.2) is 15.0 Å². The fourth-order valence-electron chi connectivity index (χ4n) is 6.91. The van der Waals surface area contributed by atoms with Crippen LogP contribution in [0.2, 0.25) is 0 Å². The Labute approximate surface area is 268 Å². The van der Waals surface area contributed by atoms with E-state index in [-0.39, 0.29) is 0 Å². The van der Waals surface area contributed by atoms with Crippen LogP contribution >= 0.6 is 0 Å². The van der Waals surface area contributed by atoms with Crippen molar-refractivity contribution in [2.24, 2.45) is 0 Å².